The molecule has 4 nitrogen and oxygen atoms in total. The number of aliphatic hydroxyl groups excluding tert-OH is 1. The fraction of sp³-hybridized carbons (Fsp3) is 0.200. The summed E-state index contributed by atoms with van der Waals surface area (Å²) >= 11 is 1.35. The molecule has 0 unspecified atom stereocenters. The second-order valence-corrected chi connectivity index (χ2v) is 5.22. The van der Waals surface area contributed by atoms with E-state index < -0.39 is 5.82 Å². The van der Waals surface area contributed by atoms with Crippen molar-refractivity contribution in [1.29, 1.82) is 0 Å². The van der Waals surface area contributed by atoms with Crippen LogP contribution in [0.4, 0.5) is 4.39 Å². The summed E-state index contributed by atoms with van der Waals surface area (Å²) in [6.07, 6.45) is 0. The van der Waals surface area contributed by atoms with Gasteiger partial charge in [-0.3, -0.25) is 4.79 Å². The summed E-state index contributed by atoms with van der Waals surface area (Å²) in [5.41, 5.74) is 1.55. The standard InChI is InChI=1S/C15H13FN2O2S/c1-10-7-14(20)18-15(17-10)21-9-11-4-5-13(16)12(8-11)3-2-6-19/h4-5,7-8,19H,6,9H2,1H3,(H,17,18,20). The molecule has 0 amide bonds. The summed E-state index contributed by atoms with van der Waals surface area (Å²) < 4.78 is 13.5. The number of aryl methyl sites for hydroxylation is 1. The molecule has 0 bridgehead atoms. The number of benzene rings is 1. The predicted molar refractivity (Wildman–Crippen MR) is 79.5 cm³/mol. The molecule has 0 aliphatic heterocycles. The lowest BCUT2D eigenvalue weighted by atomic mass is 10.1. The Labute approximate surface area is 125 Å². The molecule has 21 heavy (non-hydrogen) atoms. The molecule has 2 aromatic rings. The highest BCUT2D eigenvalue weighted by Gasteiger charge is 2.04. The van der Waals surface area contributed by atoms with Gasteiger partial charge in [0, 0.05) is 17.5 Å². The molecule has 0 radical (unpaired) electrons. The highest BCUT2D eigenvalue weighted by Crippen LogP contribution is 2.20. The predicted octanol–water partition coefficient (Wildman–Crippen LogP) is 1.85. The highest BCUT2D eigenvalue weighted by molar-refractivity contribution is 7.98. The lowest BCUT2D eigenvalue weighted by Crippen LogP contribution is -2.08. The van der Waals surface area contributed by atoms with Crippen molar-refractivity contribution in [3.05, 3.63) is 57.3 Å². The maximum atomic E-state index is 13.5. The highest BCUT2D eigenvalue weighted by atomic mass is 32.2. The fourth-order valence-corrected chi connectivity index (χ4v) is 2.53. The summed E-state index contributed by atoms with van der Waals surface area (Å²) in [4.78, 5) is 18.2. The van der Waals surface area contributed by atoms with Gasteiger partial charge in [-0.15, -0.1) is 0 Å². The van der Waals surface area contributed by atoms with E-state index in [2.05, 4.69) is 21.8 Å². The van der Waals surface area contributed by atoms with Crippen molar-refractivity contribution in [2.24, 2.45) is 0 Å². The van der Waals surface area contributed by atoms with Crippen LogP contribution in [-0.2, 0) is 5.75 Å². The first-order valence-electron chi connectivity index (χ1n) is 6.17. The van der Waals surface area contributed by atoms with Crippen LogP contribution in [0.5, 0.6) is 0 Å². The summed E-state index contributed by atoms with van der Waals surface area (Å²) in [6.45, 7) is 1.44. The van der Waals surface area contributed by atoms with E-state index in [1.165, 1.54) is 23.9 Å². The Kier molecular flexibility index (Phi) is 5.14. The Hall–Kier alpha value is -2.10. The topological polar surface area (TPSA) is 66.0 Å². The van der Waals surface area contributed by atoms with Gasteiger partial charge in [0.05, 0.1) is 5.56 Å². The number of hydrogen-bond acceptors (Lipinski definition) is 4. The Balaban J connectivity index is 2.14. The summed E-state index contributed by atoms with van der Waals surface area (Å²) in [5, 5.41) is 9.17. The van der Waals surface area contributed by atoms with Crippen molar-refractivity contribution in [2.45, 2.75) is 17.8 Å². The largest absolute Gasteiger partial charge is 0.384 e. The maximum Gasteiger partial charge on any atom is 0.251 e. The number of hydrogen-bond donors (Lipinski definition) is 2. The van der Waals surface area contributed by atoms with E-state index in [0.717, 1.165) is 5.56 Å². The first-order valence-corrected chi connectivity index (χ1v) is 7.16. The molecule has 2 N–H and O–H groups in total. The molecule has 6 heteroatoms. The van der Waals surface area contributed by atoms with Crippen molar-refractivity contribution in [3.8, 4) is 11.8 Å². The molecule has 0 saturated heterocycles. The van der Waals surface area contributed by atoms with Crippen molar-refractivity contribution < 1.29 is 9.50 Å². The van der Waals surface area contributed by atoms with Gasteiger partial charge in [0.15, 0.2) is 5.16 Å². The van der Waals surface area contributed by atoms with E-state index in [1.807, 2.05) is 0 Å². The van der Waals surface area contributed by atoms with Crippen molar-refractivity contribution >= 4 is 11.8 Å². The van der Waals surface area contributed by atoms with Crippen LogP contribution in [-0.4, -0.2) is 21.7 Å². The summed E-state index contributed by atoms with van der Waals surface area (Å²) in [5.74, 6) is 5.09. The zero-order valence-electron chi connectivity index (χ0n) is 11.3. The SMILES string of the molecule is Cc1cc(=O)[nH]c(SCc2ccc(F)c(C#CCO)c2)n1. The van der Waals surface area contributed by atoms with Crippen LogP contribution in [0.3, 0.4) is 0 Å². The van der Waals surface area contributed by atoms with Gasteiger partial charge < -0.3 is 10.1 Å². The lowest BCUT2D eigenvalue weighted by molar-refractivity contribution is 0.350. The zero-order chi connectivity index (χ0) is 15.2. The number of nitrogens with one attached hydrogen (secondary N) is 1. The van der Waals surface area contributed by atoms with Crippen molar-refractivity contribution in [2.75, 3.05) is 6.61 Å². The van der Waals surface area contributed by atoms with Crippen molar-refractivity contribution in [1.82, 2.24) is 9.97 Å². The van der Waals surface area contributed by atoms with Crippen LogP contribution < -0.4 is 5.56 Å². The van der Waals surface area contributed by atoms with Gasteiger partial charge in [0.2, 0.25) is 0 Å². The van der Waals surface area contributed by atoms with E-state index in [0.29, 0.717) is 16.6 Å². The van der Waals surface area contributed by atoms with Crippen LogP contribution >= 0.6 is 11.8 Å². The number of H-pyrrole nitrogens is 1. The van der Waals surface area contributed by atoms with Gasteiger partial charge in [0.25, 0.3) is 5.56 Å². The third kappa shape index (κ3) is 4.45. The molecule has 1 aromatic heterocycles. The lowest BCUT2D eigenvalue weighted by Gasteiger charge is -2.03. The minimum absolute atomic E-state index is 0.196. The second-order valence-electron chi connectivity index (χ2n) is 4.25. The van der Waals surface area contributed by atoms with Crippen LogP contribution in [0.1, 0.15) is 16.8 Å². The molecule has 0 saturated carbocycles. The Morgan fingerprint density at radius 3 is 2.95 bits per heavy atom. The Bertz CT molecular complexity index is 762. The molecule has 0 aliphatic rings. The van der Waals surface area contributed by atoms with E-state index in [1.54, 1.807) is 19.1 Å². The van der Waals surface area contributed by atoms with Gasteiger partial charge in [-0.2, -0.15) is 0 Å². The molecule has 1 aromatic carbocycles. The van der Waals surface area contributed by atoms with Gasteiger partial charge in [-0.1, -0.05) is 29.7 Å². The van der Waals surface area contributed by atoms with Crippen molar-refractivity contribution in [3.63, 3.8) is 0 Å². The molecule has 108 valence electrons. The van der Waals surface area contributed by atoms with Gasteiger partial charge >= 0.3 is 0 Å². The molecule has 1 heterocycles. The number of aromatic nitrogens is 2. The fourth-order valence-electron chi connectivity index (χ4n) is 1.66. The van der Waals surface area contributed by atoms with Crippen LogP contribution in [0.15, 0.2) is 34.2 Å². The smallest absolute Gasteiger partial charge is 0.251 e. The number of halogens is 1. The molecular weight excluding hydrogens is 291 g/mol. The summed E-state index contributed by atoms with van der Waals surface area (Å²) in [7, 11) is 0. The molecule has 0 aliphatic carbocycles. The first kappa shape index (κ1) is 15.3. The van der Waals surface area contributed by atoms with E-state index >= 15 is 0 Å². The van der Waals surface area contributed by atoms with Gasteiger partial charge in [-0.25, -0.2) is 9.37 Å². The molecular formula is C15H13FN2O2S. The number of rotatable bonds is 3. The van der Waals surface area contributed by atoms with E-state index in [-0.39, 0.29) is 17.7 Å². The minimum Gasteiger partial charge on any atom is -0.384 e. The normalized spacial score (nSPS) is 10.0. The Morgan fingerprint density at radius 1 is 1.43 bits per heavy atom. The third-order valence-electron chi connectivity index (χ3n) is 2.56. The summed E-state index contributed by atoms with van der Waals surface area (Å²) in [6, 6.07) is 6.04. The van der Waals surface area contributed by atoms with Crippen LogP contribution in [0.25, 0.3) is 0 Å². The molecule has 0 spiro atoms. The number of aliphatic hydroxyl groups is 1. The number of thioether (sulfide) groups is 1. The maximum absolute atomic E-state index is 13.5. The third-order valence-corrected chi connectivity index (χ3v) is 3.50. The second kappa shape index (κ2) is 7.07. The molecule has 0 atom stereocenters. The number of aromatic amines is 1. The molecule has 2 rings (SSSR count). The van der Waals surface area contributed by atoms with Crippen LogP contribution in [0, 0.1) is 24.6 Å². The average Bonchev–Trinajstić information content (AvgIpc) is 2.44. The minimum atomic E-state index is -0.424. The first-order chi connectivity index (χ1) is 10.1. The van der Waals surface area contributed by atoms with Gasteiger partial charge in [0.1, 0.15) is 12.4 Å². The molecule has 0 fully saturated rings. The zero-order valence-corrected chi connectivity index (χ0v) is 12.1. The number of nitrogens with zero attached hydrogens (tertiary/aromatic N) is 1. The van der Waals surface area contributed by atoms with E-state index in [4.69, 9.17) is 5.11 Å². The Morgan fingerprint density at radius 2 is 2.24 bits per heavy atom. The average molecular weight is 304 g/mol. The quantitative estimate of drug-likeness (QED) is 0.516. The van der Waals surface area contributed by atoms with E-state index in [9.17, 15) is 9.18 Å². The van der Waals surface area contributed by atoms with Gasteiger partial charge in [-0.05, 0) is 24.6 Å². The monoisotopic (exact) mass is 304 g/mol. The van der Waals surface area contributed by atoms with Crippen LogP contribution in [0.2, 0.25) is 0 Å².